The normalized spacial score (nSPS) is 18.7. The van der Waals surface area contributed by atoms with Gasteiger partial charge in [-0.1, -0.05) is 11.6 Å². The van der Waals surface area contributed by atoms with Gasteiger partial charge in [0.1, 0.15) is 11.5 Å². The van der Waals surface area contributed by atoms with Crippen LogP contribution in [0.3, 0.4) is 0 Å². The van der Waals surface area contributed by atoms with Crippen LogP contribution in [-0.4, -0.2) is 28.8 Å². The number of aldehydes is 1. The zero-order valence-electron chi connectivity index (χ0n) is 11.2. The minimum absolute atomic E-state index is 0.185. The van der Waals surface area contributed by atoms with Gasteiger partial charge < -0.3 is 4.90 Å². The van der Waals surface area contributed by atoms with Crippen molar-refractivity contribution in [3.8, 4) is 0 Å². The molecule has 2 rings (SSSR count). The first-order valence-electron chi connectivity index (χ1n) is 6.15. The second kappa shape index (κ2) is 8.54. The third-order valence-electron chi connectivity index (χ3n) is 2.95. The maximum absolute atomic E-state index is 10.6. The van der Waals surface area contributed by atoms with Gasteiger partial charge in [0.05, 0.1) is 6.20 Å². The number of hydrogen-bond acceptors (Lipinski definition) is 5. The van der Waals surface area contributed by atoms with Crippen LogP contribution in [0.4, 0.5) is 5.82 Å². The number of carbonyl (C=O) groups excluding carboxylic acids is 1. The standard InChI is InChI=1S/C11H14ClN3O.Cl3OP/c1-8-4-2-3-5-15(8)10-6-13-9(7-16)11(12)14-10;1-5(2,3)4/h6-8H,2-5H2,1H3;. The Labute approximate surface area is 142 Å². The summed E-state index contributed by atoms with van der Waals surface area (Å²) in [5.41, 5.74) is 0.204. The van der Waals surface area contributed by atoms with Gasteiger partial charge in [0.15, 0.2) is 11.4 Å². The van der Waals surface area contributed by atoms with Crippen LogP contribution in [0, 0.1) is 0 Å². The maximum Gasteiger partial charge on any atom is 0.339 e. The number of aromatic nitrogens is 2. The Bertz CT molecular complexity index is 532. The lowest BCUT2D eigenvalue weighted by atomic mass is 10.0. The highest BCUT2D eigenvalue weighted by atomic mass is 36.0. The third kappa shape index (κ3) is 7.16. The molecular weight excluding hydrogens is 379 g/mol. The van der Waals surface area contributed by atoms with Gasteiger partial charge >= 0.3 is 5.20 Å². The van der Waals surface area contributed by atoms with Gasteiger partial charge in [-0.05, 0) is 59.9 Å². The summed E-state index contributed by atoms with van der Waals surface area (Å²) in [6, 6.07) is 0.459. The minimum atomic E-state index is -3.22. The Morgan fingerprint density at radius 1 is 1.38 bits per heavy atom. The van der Waals surface area contributed by atoms with Crippen molar-refractivity contribution in [3.05, 3.63) is 17.0 Å². The highest BCUT2D eigenvalue weighted by molar-refractivity contribution is 8.24. The predicted molar refractivity (Wildman–Crippen MR) is 88.3 cm³/mol. The topological polar surface area (TPSA) is 63.2 Å². The molecule has 5 nitrogen and oxygen atoms in total. The first-order valence-corrected chi connectivity index (χ1v) is 11.0. The van der Waals surface area contributed by atoms with Crippen LogP contribution in [0.2, 0.25) is 5.15 Å². The summed E-state index contributed by atoms with van der Waals surface area (Å²) in [4.78, 5) is 21.0. The van der Waals surface area contributed by atoms with Gasteiger partial charge in [-0.25, -0.2) is 9.97 Å². The second-order valence-electron chi connectivity index (χ2n) is 4.46. The summed E-state index contributed by atoms with van der Waals surface area (Å²) >= 11 is 19.7. The number of hydrogen-bond donors (Lipinski definition) is 0. The summed E-state index contributed by atoms with van der Waals surface area (Å²) < 4.78 is 9.51. The number of anilines is 1. The molecule has 10 heteroatoms. The quantitative estimate of drug-likeness (QED) is 0.515. The van der Waals surface area contributed by atoms with Crippen LogP contribution in [-0.2, 0) is 4.57 Å². The van der Waals surface area contributed by atoms with Gasteiger partial charge in [-0.15, -0.1) is 0 Å². The summed E-state index contributed by atoms with van der Waals surface area (Å²) in [6.45, 7) is 3.15. The zero-order chi connectivity index (χ0) is 16.0. The predicted octanol–water partition coefficient (Wildman–Crippen LogP) is 5.13. The van der Waals surface area contributed by atoms with Crippen LogP contribution >= 0.6 is 50.5 Å². The first kappa shape index (κ1) is 19.0. The number of carbonyl (C=O) groups is 1. The molecular formula is C11H14Cl4N3O2P. The smallest absolute Gasteiger partial charge is 0.339 e. The lowest BCUT2D eigenvalue weighted by molar-refractivity contribution is 0.111. The van der Waals surface area contributed by atoms with Gasteiger partial charge in [0, 0.05) is 12.6 Å². The molecule has 1 fully saturated rings. The van der Waals surface area contributed by atoms with Crippen LogP contribution < -0.4 is 4.90 Å². The van der Waals surface area contributed by atoms with Crippen molar-refractivity contribution in [3.63, 3.8) is 0 Å². The van der Waals surface area contributed by atoms with E-state index < -0.39 is 5.20 Å². The van der Waals surface area contributed by atoms with E-state index in [0.29, 0.717) is 12.3 Å². The van der Waals surface area contributed by atoms with Gasteiger partial charge in [0.2, 0.25) is 0 Å². The third-order valence-corrected chi connectivity index (χ3v) is 3.23. The van der Waals surface area contributed by atoms with Crippen LogP contribution in [0.15, 0.2) is 6.20 Å². The summed E-state index contributed by atoms with van der Waals surface area (Å²) in [5, 5.41) is -3.04. The molecule has 0 amide bonds. The molecule has 1 aromatic heterocycles. The number of rotatable bonds is 2. The van der Waals surface area contributed by atoms with Crippen molar-refractivity contribution in [1.82, 2.24) is 9.97 Å². The first-order chi connectivity index (χ1) is 9.72. The molecule has 2 heterocycles. The number of nitrogens with zero attached hydrogens (tertiary/aromatic N) is 3. The molecule has 0 radical (unpaired) electrons. The highest BCUT2D eigenvalue weighted by Crippen LogP contribution is 2.61. The fourth-order valence-electron chi connectivity index (χ4n) is 2.02. The van der Waals surface area contributed by atoms with E-state index in [-0.39, 0.29) is 10.8 Å². The number of piperidine rings is 1. The van der Waals surface area contributed by atoms with Crippen molar-refractivity contribution in [1.29, 1.82) is 0 Å². The van der Waals surface area contributed by atoms with Crippen molar-refractivity contribution in [2.75, 3.05) is 11.4 Å². The van der Waals surface area contributed by atoms with Crippen molar-refractivity contribution in [2.24, 2.45) is 0 Å². The molecule has 118 valence electrons. The number of halogens is 4. The Kier molecular flexibility index (Phi) is 7.72. The molecule has 1 aliphatic heterocycles. The molecule has 0 aliphatic carbocycles. The molecule has 21 heavy (non-hydrogen) atoms. The van der Waals surface area contributed by atoms with E-state index >= 15 is 0 Å². The van der Waals surface area contributed by atoms with E-state index in [2.05, 4.69) is 55.5 Å². The minimum Gasteiger partial charge on any atom is -0.353 e. The van der Waals surface area contributed by atoms with E-state index in [0.717, 1.165) is 18.8 Å². The monoisotopic (exact) mass is 391 g/mol. The van der Waals surface area contributed by atoms with Crippen molar-refractivity contribution in [2.45, 2.75) is 32.2 Å². The van der Waals surface area contributed by atoms with Crippen LogP contribution in [0.1, 0.15) is 36.7 Å². The Hall–Kier alpha value is -0.0600. The average Bonchev–Trinajstić information content (AvgIpc) is 2.37. The fourth-order valence-corrected chi connectivity index (χ4v) is 2.20. The molecule has 0 bridgehead atoms. The summed E-state index contributed by atoms with van der Waals surface area (Å²) in [7, 11) is 0. The molecule has 0 N–H and O–H groups in total. The highest BCUT2D eigenvalue weighted by Gasteiger charge is 2.20. The van der Waals surface area contributed by atoms with Gasteiger partial charge in [0.25, 0.3) is 0 Å². The fraction of sp³-hybridized carbons (Fsp3) is 0.545. The van der Waals surface area contributed by atoms with E-state index in [1.807, 2.05) is 0 Å². The SMILES string of the molecule is CC1CCCCN1c1cnc(C=O)c(Cl)n1.O=P(Cl)(Cl)Cl. The lowest BCUT2D eigenvalue weighted by Gasteiger charge is -2.34. The molecule has 0 saturated carbocycles. The Balaban J connectivity index is 0.000000383. The molecule has 1 aromatic rings. The van der Waals surface area contributed by atoms with E-state index in [1.165, 1.54) is 12.8 Å². The molecule has 0 aromatic carbocycles. The van der Waals surface area contributed by atoms with Gasteiger partial charge in [-0.2, -0.15) is 0 Å². The maximum atomic E-state index is 10.6. The second-order valence-corrected chi connectivity index (χ2v) is 11.5. The van der Waals surface area contributed by atoms with E-state index in [4.69, 9.17) is 11.6 Å². The average molecular weight is 393 g/mol. The molecule has 1 aliphatic rings. The summed E-state index contributed by atoms with van der Waals surface area (Å²) in [5.74, 6) is 0.766. The van der Waals surface area contributed by atoms with Crippen molar-refractivity contribution >= 4 is 62.6 Å². The molecule has 0 spiro atoms. The van der Waals surface area contributed by atoms with Crippen molar-refractivity contribution < 1.29 is 9.36 Å². The lowest BCUT2D eigenvalue weighted by Crippen LogP contribution is -2.38. The van der Waals surface area contributed by atoms with E-state index in [1.54, 1.807) is 6.20 Å². The largest absolute Gasteiger partial charge is 0.353 e. The Morgan fingerprint density at radius 2 is 2.00 bits per heavy atom. The molecule has 1 unspecified atom stereocenters. The molecule has 1 atom stereocenters. The summed E-state index contributed by atoms with van der Waals surface area (Å²) in [6.07, 6.45) is 5.83. The van der Waals surface area contributed by atoms with E-state index in [9.17, 15) is 9.36 Å². The van der Waals surface area contributed by atoms with Crippen LogP contribution in [0.5, 0.6) is 0 Å². The zero-order valence-corrected chi connectivity index (χ0v) is 15.1. The van der Waals surface area contributed by atoms with Crippen LogP contribution in [0.25, 0.3) is 0 Å². The Morgan fingerprint density at radius 3 is 2.48 bits per heavy atom. The van der Waals surface area contributed by atoms with Gasteiger partial charge in [-0.3, -0.25) is 9.36 Å². The molecule has 1 saturated heterocycles.